The molecule has 0 unspecified atom stereocenters. The summed E-state index contributed by atoms with van der Waals surface area (Å²) in [6.45, 7) is 3.54. The third-order valence-electron chi connectivity index (χ3n) is 1.76. The predicted molar refractivity (Wildman–Crippen MR) is 55.4 cm³/mol. The van der Waals surface area contributed by atoms with E-state index in [1.165, 1.54) is 0 Å². The minimum Gasteiger partial charge on any atom is -0.474 e. The highest BCUT2D eigenvalue weighted by Gasteiger charge is 2.16. The summed E-state index contributed by atoms with van der Waals surface area (Å²) in [7, 11) is 0. The van der Waals surface area contributed by atoms with Gasteiger partial charge in [0.1, 0.15) is 5.75 Å². The molecule has 0 N–H and O–H groups in total. The second-order valence-electron chi connectivity index (χ2n) is 3.41. The number of carbonyl (C=O) groups excluding carboxylic acids is 1. The molecule has 0 saturated carbocycles. The lowest BCUT2D eigenvalue weighted by atomic mass is 10.1. The largest absolute Gasteiger partial charge is 0.474 e. The summed E-state index contributed by atoms with van der Waals surface area (Å²) in [5.74, 6) is 3.02. The van der Waals surface area contributed by atoms with E-state index < -0.39 is 5.60 Å². The van der Waals surface area contributed by atoms with Crippen LogP contribution in [0.25, 0.3) is 0 Å². The van der Waals surface area contributed by atoms with Gasteiger partial charge in [0, 0.05) is 0 Å². The molecule has 1 rings (SSSR count). The van der Waals surface area contributed by atoms with Crippen molar-refractivity contribution in [3.05, 3.63) is 29.8 Å². The van der Waals surface area contributed by atoms with Gasteiger partial charge in [-0.3, -0.25) is 4.79 Å². The topological polar surface area (TPSA) is 26.3 Å². The Hall–Kier alpha value is -1.75. The molecule has 0 heterocycles. The number of aldehydes is 1. The van der Waals surface area contributed by atoms with Crippen molar-refractivity contribution >= 4 is 6.29 Å². The van der Waals surface area contributed by atoms with Gasteiger partial charge in [0.15, 0.2) is 11.9 Å². The second-order valence-corrected chi connectivity index (χ2v) is 3.41. The quantitative estimate of drug-likeness (QED) is 0.537. The van der Waals surface area contributed by atoms with Crippen LogP contribution in [-0.2, 0) is 0 Å². The second kappa shape index (κ2) is 3.97. The smallest absolute Gasteiger partial charge is 0.163 e. The monoisotopic (exact) mass is 188 g/mol. The Morgan fingerprint density at radius 2 is 2.07 bits per heavy atom. The summed E-state index contributed by atoms with van der Waals surface area (Å²) in [6, 6.07) is 6.99. The van der Waals surface area contributed by atoms with Crippen LogP contribution in [0.4, 0.5) is 0 Å². The Balaban J connectivity index is 2.98. The van der Waals surface area contributed by atoms with Crippen molar-refractivity contribution in [3.8, 4) is 18.1 Å². The summed E-state index contributed by atoms with van der Waals surface area (Å²) >= 11 is 0. The van der Waals surface area contributed by atoms with E-state index in [0.717, 1.165) is 6.29 Å². The molecule has 0 aliphatic heterocycles. The maximum Gasteiger partial charge on any atom is 0.163 e. The number of hydrogen-bond donors (Lipinski definition) is 0. The van der Waals surface area contributed by atoms with Gasteiger partial charge in [-0.15, -0.1) is 6.42 Å². The van der Waals surface area contributed by atoms with Crippen LogP contribution in [0.15, 0.2) is 24.3 Å². The lowest BCUT2D eigenvalue weighted by molar-refractivity contribution is 0.111. The normalized spacial score (nSPS) is 10.4. The third kappa shape index (κ3) is 2.37. The molecule has 1 aromatic carbocycles. The average molecular weight is 188 g/mol. The van der Waals surface area contributed by atoms with E-state index in [1.807, 2.05) is 0 Å². The van der Waals surface area contributed by atoms with Crippen LogP contribution in [0.5, 0.6) is 5.75 Å². The van der Waals surface area contributed by atoms with Crippen LogP contribution < -0.4 is 4.74 Å². The summed E-state index contributed by atoms with van der Waals surface area (Å²) in [6.07, 6.45) is 6.03. The molecule has 0 spiro atoms. The van der Waals surface area contributed by atoms with Crippen molar-refractivity contribution in [2.75, 3.05) is 0 Å². The molecule has 0 saturated heterocycles. The molecule has 0 fully saturated rings. The first-order chi connectivity index (χ1) is 6.59. The van der Waals surface area contributed by atoms with Crippen molar-refractivity contribution < 1.29 is 9.53 Å². The molecule has 0 aliphatic rings. The molecular weight excluding hydrogens is 176 g/mol. The Labute approximate surface area is 83.9 Å². The number of terminal acetylenes is 1. The van der Waals surface area contributed by atoms with Crippen LogP contribution in [0, 0.1) is 12.3 Å². The zero-order valence-corrected chi connectivity index (χ0v) is 8.28. The van der Waals surface area contributed by atoms with Crippen LogP contribution in [0.1, 0.15) is 24.2 Å². The van der Waals surface area contributed by atoms with Crippen LogP contribution in [0.2, 0.25) is 0 Å². The standard InChI is InChI=1S/C12H12O2/c1-4-12(2,3)14-11-8-6-5-7-10(11)9-13/h1,5-9H,2-3H3. The molecule has 14 heavy (non-hydrogen) atoms. The molecule has 2 heteroatoms. The van der Waals surface area contributed by atoms with Gasteiger partial charge in [0.25, 0.3) is 0 Å². The molecule has 2 nitrogen and oxygen atoms in total. The van der Waals surface area contributed by atoms with Gasteiger partial charge in [-0.05, 0) is 26.0 Å². The molecule has 0 radical (unpaired) electrons. The fraction of sp³-hybridized carbons (Fsp3) is 0.250. The maximum absolute atomic E-state index is 10.7. The zero-order valence-electron chi connectivity index (χ0n) is 8.28. The number of para-hydroxylation sites is 1. The number of carbonyl (C=O) groups is 1. The van der Waals surface area contributed by atoms with Gasteiger partial charge in [-0.1, -0.05) is 18.1 Å². The first-order valence-electron chi connectivity index (χ1n) is 4.30. The Morgan fingerprint density at radius 3 is 2.64 bits per heavy atom. The zero-order chi connectivity index (χ0) is 10.6. The third-order valence-corrected chi connectivity index (χ3v) is 1.76. The van der Waals surface area contributed by atoms with E-state index in [4.69, 9.17) is 11.2 Å². The van der Waals surface area contributed by atoms with Gasteiger partial charge in [0.05, 0.1) is 5.56 Å². The van der Waals surface area contributed by atoms with Crippen LogP contribution >= 0.6 is 0 Å². The Kier molecular flexibility index (Phi) is 2.93. The van der Waals surface area contributed by atoms with Gasteiger partial charge < -0.3 is 4.74 Å². The Bertz CT molecular complexity index is 372. The summed E-state index contributed by atoms with van der Waals surface area (Å²) < 4.78 is 5.51. The molecule has 1 aromatic rings. The van der Waals surface area contributed by atoms with E-state index >= 15 is 0 Å². The van der Waals surface area contributed by atoms with E-state index in [-0.39, 0.29) is 0 Å². The maximum atomic E-state index is 10.7. The highest BCUT2D eigenvalue weighted by atomic mass is 16.5. The lowest BCUT2D eigenvalue weighted by Crippen LogP contribution is -2.26. The molecular formula is C12H12O2. The minimum atomic E-state index is -0.695. The van der Waals surface area contributed by atoms with E-state index in [2.05, 4.69) is 5.92 Å². The lowest BCUT2D eigenvalue weighted by Gasteiger charge is -2.20. The first-order valence-corrected chi connectivity index (χ1v) is 4.30. The first kappa shape index (κ1) is 10.3. The van der Waals surface area contributed by atoms with Crippen LogP contribution in [0.3, 0.4) is 0 Å². The number of rotatable bonds is 3. The molecule has 72 valence electrons. The van der Waals surface area contributed by atoms with Gasteiger partial charge in [-0.2, -0.15) is 0 Å². The highest BCUT2D eigenvalue weighted by Crippen LogP contribution is 2.21. The SMILES string of the molecule is C#CC(C)(C)Oc1ccccc1C=O. The Morgan fingerprint density at radius 1 is 1.43 bits per heavy atom. The summed E-state index contributed by atoms with van der Waals surface area (Å²) in [5.41, 5.74) is -0.185. The van der Waals surface area contributed by atoms with Crippen molar-refractivity contribution in [2.45, 2.75) is 19.4 Å². The molecule has 0 amide bonds. The molecule has 0 aliphatic carbocycles. The van der Waals surface area contributed by atoms with Crippen LogP contribution in [-0.4, -0.2) is 11.9 Å². The predicted octanol–water partition coefficient (Wildman–Crippen LogP) is 2.29. The highest BCUT2D eigenvalue weighted by molar-refractivity contribution is 5.79. The summed E-state index contributed by atoms with van der Waals surface area (Å²) in [4.78, 5) is 10.7. The van der Waals surface area contributed by atoms with Gasteiger partial charge in [-0.25, -0.2) is 0 Å². The fourth-order valence-electron chi connectivity index (χ4n) is 0.975. The van der Waals surface area contributed by atoms with E-state index in [9.17, 15) is 4.79 Å². The number of ether oxygens (including phenoxy) is 1. The van der Waals surface area contributed by atoms with Gasteiger partial charge >= 0.3 is 0 Å². The van der Waals surface area contributed by atoms with Gasteiger partial charge in [0.2, 0.25) is 0 Å². The van der Waals surface area contributed by atoms with Crippen molar-refractivity contribution in [1.29, 1.82) is 0 Å². The van der Waals surface area contributed by atoms with E-state index in [1.54, 1.807) is 38.1 Å². The minimum absolute atomic E-state index is 0.510. The van der Waals surface area contributed by atoms with Crippen molar-refractivity contribution in [1.82, 2.24) is 0 Å². The average Bonchev–Trinajstić information content (AvgIpc) is 2.18. The fourth-order valence-corrected chi connectivity index (χ4v) is 0.975. The molecule has 0 aromatic heterocycles. The summed E-state index contributed by atoms with van der Waals surface area (Å²) in [5, 5.41) is 0. The number of benzene rings is 1. The molecule has 0 bridgehead atoms. The number of hydrogen-bond acceptors (Lipinski definition) is 2. The van der Waals surface area contributed by atoms with Crippen molar-refractivity contribution in [3.63, 3.8) is 0 Å². The van der Waals surface area contributed by atoms with E-state index in [0.29, 0.717) is 11.3 Å². The molecule has 0 atom stereocenters. The van der Waals surface area contributed by atoms with Crippen molar-refractivity contribution in [2.24, 2.45) is 0 Å².